The first-order valence-electron chi connectivity index (χ1n) is 10.7. The molecule has 2 atom stereocenters. The van der Waals surface area contributed by atoms with Gasteiger partial charge in [-0.1, -0.05) is 66.6 Å². The predicted octanol–water partition coefficient (Wildman–Crippen LogP) is 5.75. The molecule has 33 heavy (non-hydrogen) atoms. The molecule has 3 aromatic carbocycles. The van der Waals surface area contributed by atoms with E-state index in [4.69, 9.17) is 11.6 Å². The van der Waals surface area contributed by atoms with Crippen LogP contribution in [0.5, 0.6) is 0 Å². The quantitative estimate of drug-likeness (QED) is 0.487. The molecular weight excluding hydrogens is 459 g/mol. The molecule has 0 spiro atoms. The number of thioether (sulfide) groups is 1. The lowest BCUT2D eigenvalue weighted by Crippen LogP contribution is -2.47. The number of aryl methyl sites for hydroxylation is 1. The van der Waals surface area contributed by atoms with Crippen molar-refractivity contribution in [2.75, 3.05) is 4.90 Å². The minimum atomic E-state index is -0.586. The van der Waals surface area contributed by atoms with Gasteiger partial charge < -0.3 is 10.2 Å². The van der Waals surface area contributed by atoms with Gasteiger partial charge in [0.05, 0.1) is 18.2 Å². The van der Waals surface area contributed by atoms with Crippen molar-refractivity contribution in [3.8, 4) is 0 Å². The third-order valence-electron chi connectivity index (χ3n) is 5.72. The summed E-state index contributed by atoms with van der Waals surface area (Å²) in [6.07, 6.45) is 0. The molecule has 1 N–H and O–H groups in total. The summed E-state index contributed by atoms with van der Waals surface area (Å²) in [5.41, 5.74) is 3.56. The van der Waals surface area contributed by atoms with Crippen molar-refractivity contribution in [1.82, 2.24) is 5.32 Å². The summed E-state index contributed by atoms with van der Waals surface area (Å²) >= 11 is 7.64. The maximum atomic E-state index is 13.5. The number of amides is 2. The topological polar surface area (TPSA) is 49.4 Å². The van der Waals surface area contributed by atoms with E-state index >= 15 is 0 Å². The number of para-hydroxylation sites is 1. The zero-order valence-electron chi connectivity index (χ0n) is 18.3. The van der Waals surface area contributed by atoms with Crippen LogP contribution in [-0.4, -0.2) is 17.1 Å². The fourth-order valence-corrected chi connectivity index (χ4v) is 5.24. The van der Waals surface area contributed by atoms with Crippen molar-refractivity contribution in [1.29, 1.82) is 0 Å². The summed E-state index contributed by atoms with van der Waals surface area (Å²) in [5, 5.41) is 2.63. The van der Waals surface area contributed by atoms with E-state index in [1.165, 1.54) is 23.9 Å². The second-order valence-electron chi connectivity index (χ2n) is 8.16. The number of benzene rings is 3. The predicted molar refractivity (Wildman–Crippen MR) is 131 cm³/mol. The summed E-state index contributed by atoms with van der Waals surface area (Å²) < 4.78 is 13.5. The number of rotatable bonds is 6. The molecule has 0 radical (unpaired) electrons. The zero-order valence-corrected chi connectivity index (χ0v) is 19.9. The van der Waals surface area contributed by atoms with E-state index in [-0.39, 0.29) is 23.4 Å². The van der Waals surface area contributed by atoms with Gasteiger partial charge in [0.25, 0.3) is 0 Å². The van der Waals surface area contributed by atoms with Gasteiger partial charge >= 0.3 is 0 Å². The molecule has 0 saturated carbocycles. The van der Waals surface area contributed by atoms with E-state index in [0.717, 1.165) is 21.7 Å². The van der Waals surface area contributed by atoms with Crippen LogP contribution in [0.2, 0.25) is 5.02 Å². The van der Waals surface area contributed by atoms with E-state index in [0.29, 0.717) is 12.1 Å². The SMILES string of the molecule is Cc1ccc(CNC(=O)[C@H](C)[C@@H]2Sc3ccccc3N(Cc3ccc(F)cc3Cl)C2=O)cc1. The van der Waals surface area contributed by atoms with Crippen LogP contribution in [0.1, 0.15) is 23.6 Å². The molecule has 1 aliphatic rings. The van der Waals surface area contributed by atoms with Crippen molar-refractivity contribution < 1.29 is 14.0 Å². The molecule has 0 fully saturated rings. The lowest BCUT2D eigenvalue weighted by molar-refractivity contribution is -0.128. The molecule has 170 valence electrons. The Labute approximate surface area is 202 Å². The number of halogens is 2. The van der Waals surface area contributed by atoms with Crippen LogP contribution in [0, 0.1) is 18.7 Å². The number of nitrogens with one attached hydrogen (secondary N) is 1. The molecule has 0 bridgehead atoms. The summed E-state index contributed by atoms with van der Waals surface area (Å²) in [6.45, 7) is 4.39. The van der Waals surface area contributed by atoms with Gasteiger partial charge in [0.2, 0.25) is 11.8 Å². The average molecular weight is 483 g/mol. The minimum absolute atomic E-state index is 0.169. The number of fused-ring (bicyclic) bond motifs is 1. The van der Waals surface area contributed by atoms with E-state index < -0.39 is 17.0 Å². The molecule has 0 aliphatic carbocycles. The van der Waals surface area contributed by atoms with Gasteiger partial charge in [-0.3, -0.25) is 9.59 Å². The normalized spacial score (nSPS) is 16.3. The van der Waals surface area contributed by atoms with Crippen LogP contribution in [0.4, 0.5) is 10.1 Å². The molecule has 7 heteroatoms. The van der Waals surface area contributed by atoms with Crippen LogP contribution >= 0.6 is 23.4 Å². The third kappa shape index (κ3) is 5.23. The van der Waals surface area contributed by atoms with Crippen molar-refractivity contribution in [3.63, 3.8) is 0 Å². The van der Waals surface area contributed by atoms with Gasteiger partial charge in [-0.05, 0) is 42.3 Å². The fraction of sp³-hybridized carbons (Fsp3) is 0.231. The van der Waals surface area contributed by atoms with Crippen LogP contribution in [-0.2, 0) is 22.7 Å². The van der Waals surface area contributed by atoms with Crippen molar-refractivity contribution in [2.24, 2.45) is 5.92 Å². The Hall–Kier alpha value is -2.83. The van der Waals surface area contributed by atoms with E-state index in [1.807, 2.05) is 55.5 Å². The maximum absolute atomic E-state index is 13.5. The molecule has 1 aliphatic heterocycles. The Balaban J connectivity index is 1.54. The third-order valence-corrected chi connectivity index (χ3v) is 7.53. The lowest BCUT2D eigenvalue weighted by atomic mass is 10.0. The number of carbonyl (C=O) groups is 2. The van der Waals surface area contributed by atoms with Crippen molar-refractivity contribution >= 4 is 40.9 Å². The smallest absolute Gasteiger partial charge is 0.241 e. The maximum Gasteiger partial charge on any atom is 0.241 e. The molecule has 0 unspecified atom stereocenters. The summed E-state index contributed by atoms with van der Waals surface area (Å²) in [6, 6.07) is 19.7. The number of hydrogen-bond acceptors (Lipinski definition) is 3. The van der Waals surface area contributed by atoms with Gasteiger partial charge in [-0.15, -0.1) is 11.8 Å². The molecule has 4 nitrogen and oxygen atoms in total. The number of carbonyl (C=O) groups excluding carboxylic acids is 2. The number of nitrogens with zero attached hydrogens (tertiary/aromatic N) is 1. The first kappa shape index (κ1) is 23.3. The van der Waals surface area contributed by atoms with Crippen LogP contribution in [0.15, 0.2) is 71.6 Å². The molecule has 1 heterocycles. The fourth-order valence-electron chi connectivity index (χ4n) is 3.73. The lowest BCUT2D eigenvalue weighted by Gasteiger charge is -2.36. The Bertz CT molecular complexity index is 1190. The average Bonchev–Trinajstić information content (AvgIpc) is 2.81. The van der Waals surface area contributed by atoms with E-state index in [9.17, 15) is 14.0 Å². The summed E-state index contributed by atoms with van der Waals surface area (Å²) in [4.78, 5) is 29.0. The Kier molecular flexibility index (Phi) is 7.05. The summed E-state index contributed by atoms with van der Waals surface area (Å²) in [7, 11) is 0. The molecular formula is C26H24ClFN2O2S. The largest absolute Gasteiger partial charge is 0.352 e. The molecule has 0 aromatic heterocycles. The Morgan fingerprint density at radius 1 is 1.15 bits per heavy atom. The molecule has 3 aromatic rings. The zero-order chi connectivity index (χ0) is 23.5. The molecule has 0 saturated heterocycles. The van der Waals surface area contributed by atoms with Gasteiger partial charge in [0.15, 0.2) is 0 Å². The summed E-state index contributed by atoms with van der Waals surface area (Å²) in [5.74, 6) is -1.33. The molecule has 2 amide bonds. The molecule has 4 rings (SSSR count). The van der Waals surface area contributed by atoms with Gasteiger partial charge in [0, 0.05) is 16.5 Å². The highest BCUT2D eigenvalue weighted by atomic mass is 35.5. The van der Waals surface area contributed by atoms with Gasteiger partial charge in [-0.25, -0.2) is 4.39 Å². The second-order valence-corrected chi connectivity index (χ2v) is 9.75. The van der Waals surface area contributed by atoms with E-state index in [1.54, 1.807) is 17.9 Å². The second kappa shape index (κ2) is 9.98. The minimum Gasteiger partial charge on any atom is -0.352 e. The number of anilines is 1. The Morgan fingerprint density at radius 3 is 2.61 bits per heavy atom. The van der Waals surface area contributed by atoms with Crippen LogP contribution in [0.3, 0.4) is 0 Å². The highest BCUT2D eigenvalue weighted by Gasteiger charge is 2.39. The first-order chi connectivity index (χ1) is 15.8. The van der Waals surface area contributed by atoms with Crippen molar-refractivity contribution in [2.45, 2.75) is 37.1 Å². The number of hydrogen-bond donors (Lipinski definition) is 1. The highest BCUT2D eigenvalue weighted by molar-refractivity contribution is 8.01. The van der Waals surface area contributed by atoms with Crippen LogP contribution in [0.25, 0.3) is 0 Å². The Morgan fingerprint density at radius 2 is 1.88 bits per heavy atom. The van der Waals surface area contributed by atoms with E-state index in [2.05, 4.69) is 5.32 Å². The monoisotopic (exact) mass is 482 g/mol. The standard InChI is InChI=1S/C26H24ClFN2O2S/c1-16-7-9-18(10-8-16)14-29-25(31)17(2)24-26(32)30(22-5-3-4-6-23(22)33-24)15-19-11-12-20(28)13-21(19)27/h3-13,17,24H,14-15H2,1-2H3,(H,29,31)/t17-,24+/m1/s1. The highest BCUT2D eigenvalue weighted by Crippen LogP contribution is 2.42. The van der Waals surface area contributed by atoms with Gasteiger partial charge in [0.1, 0.15) is 11.1 Å². The van der Waals surface area contributed by atoms with Crippen molar-refractivity contribution in [3.05, 3.63) is 94.3 Å². The van der Waals surface area contributed by atoms with Crippen LogP contribution < -0.4 is 10.2 Å². The first-order valence-corrected chi connectivity index (χ1v) is 11.9. The van der Waals surface area contributed by atoms with Gasteiger partial charge in [-0.2, -0.15) is 0 Å².